The Balaban J connectivity index is 2.32. The van der Waals surface area contributed by atoms with Gasteiger partial charge in [0, 0.05) is 13.0 Å². The molecule has 0 spiro atoms. The van der Waals surface area contributed by atoms with Gasteiger partial charge in [-0.05, 0) is 30.2 Å². The molecular weight excluding hydrogens is 260 g/mol. The number of carbonyl (C=O) groups is 2. The minimum Gasteiger partial charge on any atom is -0.497 e. The van der Waals surface area contributed by atoms with Gasteiger partial charge in [-0.15, -0.1) is 0 Å². The topological polar surface area (TPSA) is 92.9 Å². The number of likely N-dealkylation sites (tertiary alicyclic amines) is 1. The number of methoxy groups -OCH3 is 1. The van der Waals surface area contributed by atoms with Gasteiger partial charge in [-0.1, -0.05) is 12.1 Å². The highest BCUT2D eigenvalue weighted by Crippen LogP contribution is 2.30. The van der Waals surface area contributed by atoms with E-state index in [9.17, 15) is 14.7 Å². The van der Waals surface area contributed by atoms with Crippen LogP contribution in [0.2, 0.25) is 0 Å². The predicted molar refractivity (Wildman–Crippen MR) is 72.2 cm³/mol. The lowest BCUT2D eigenvalue weighted by Gasteiger charge is -2.25. The fraction of sp³-hybridized carbons (Fsp3) is 0.429. The molecule has 1 amide bonds. The third-order valence-corrected chi connectivity index (χ3v) is 3.53. The van der Waals surface area contributed by atoms with Crippen LogP contribution < -0.4 is 10.5 Å². The molecule has 1 saturated heterocycles. The van der Waals surface area contributed by atoms with Crippen LogP contribution in [0.3, 0.4) is 0 Å². The fourth-order valence-electron chi connectivity index (χ4n) is 2.48. The van der Waals surface area contributed by atoms with Gasteiger partial charge in [-0.3, -0.25) is 4.79 Å². The molecule has 0 radical (unpaired) electrons. The Hall–Kier alpha value is -2.08. The number of carboxylic acids is 1. The van der Waals surface area contributed by atoms with Crippen LogP contribution in [0.15, 0.2) is 24.3 Å². The minimum atomic E-state index is -1.05. The highest BCUT2D eigenvalue weighted by Gasteiger charge is 2.38. The summed E-state index contributed by atoms with van der Waals surface area (Å²) in [6.45, 7) is 0.760. The second-order valence-corrected chi connectivity index (χ2v) is 4.87. The van der Waals surface area contributed by atoms with Crippen LogP contribution in [-0.2, 0) is 9.59 Å². The molecule has 0 bridgehead atoms. The van der Waals surface area contributed by atoms with Gasteiger partial charge in [0.2, 0.25) is 5.91 Å². The molecule has 1 aromatic rings. The first-order valence-electron chi connectivity index (χ1n) is 6.43. The van der Waals surface area contributed by atoms with Gasteiger partial charge in [0.25, 0.3) is 0 Å². The number of nitrogens with two attached hydrogens (primary N) is 1. The summed E-state index contributed by atoms with van der Waals surface area (Å²) < 4.78 is 5.10. The zero-order valence-electron chi connectivity index (χ0n) is 11.3. The van der Waals surface area contributed by atoms with Crippen LogP contribution in [0.4, 0.5) is 0 Å². The van der Waals surface area contributed by atoms with Crippen molar-refractivity contribution in [2.75, 3.05) is 20.2 Å². The van der Waals surface area contributed by atoms with Crippen molar-refractivity contribution >= 4 is 11.9 Å². The normalized spacial score (nSPS) is 20.0. The van der Waals surface area contributed by atoms with E-state index in [2.05, 4.69) is 0 Å². The number of carbonyl (C=O) groups excluding carboxylic acids is 1. The van der Waals surface area contributed by atoms with Crippen LogP contribution in [0.1, 0.15) is 18.0 Å². The van der Waals surface area contributed by atoms with E-state index in [1.807, 2.05) is 0 Å². The Kier molecular flexibility index (Phi) is 4.24. The second-order valence-electron chi connectivity index (χ2n) is 4.87. The first kappa shape index (κ1) is 14.3. The minimum absolute atomic E-state index is 0.0231. The van der Waals surface area contributed by atoms with E-state index in [-0.39, 0.29) is 11.8 Å². The molecule has 2 atom stereocenters. The van der Waals surface area contributed by atoms with Gasteiger partial charge in [0.15, 0.2) is 6.04 Å². The van der Waals surface area contributed by atoms with E-state index in [0.717, 1.165) is 0 Å². The maximum Gasteiger partial charge on any atom is 0.331 e. The van der Waals surface area contributed by atoms with Gasteiger partial charge in [0.1, 0.15) is 5.75 Å². The van der Waals surface area contributed by atoms with E-state index in [1.54, 1.807) is 24.3 Å². The number of nitrogens with zero attached hydrogens (tertiary/aromatic N) is 1. The Labute approximate surface area is 117 Å². The zero-order chi connectivity index (χ0) is 14.7. The van der Waals surface area contributed by atoms with Crippen molar-refractivity contribution < 1.29 is 19.4 Å². The standard InChI is InChI=1S/C14H18N2O4/c1-20-11-4-2-3-10(6-11)13(14(18)19)16-8-9(7-15)5-12(16)17/h2-4,6,9,13H,5,7-8,15H2,1H3,(H,18,19). The average Bonchev–Trinajstić information content (AvgIpc) is 2.80. The Morgan fingerprint density at radius 1 is 1.60 bits per heavy atom. The van der Waals surface area contributed by atoms with Crippen LogP contribution in [-0.4, -0.2) is 42.1 Å². The van der Waals surface area contributed by atoms with E-state index in [0.29, 0.717) is 30.8 Å². The van der Waals surface area contributed by atoms with Crippen molar-refractivity contribution in [1.82, 2.24) is 4.90 Å². The van der Waals surface area contributed by atoms with Crippen molar-refractivity contribution in [2.45, 2.75) is 12.5 Å². The van der Waals surface area contributed by atoms with Crippen molar-refractivity contribution in [1.29, 1.82) is 0 Å². The van der Waals surface area contributed by atoms with Gasteiger partial charge in [-0.2, -0.15) is 0 Å². The predicted octanol–water partition coefficient (Wildman–Crippen LogP) is 0.628. The molecule has 0 aromatic heterocycles. The van der Waals surface area contributed by atoms with E-state index in [1.165, 1.54) is 12.0 Å². The number of hydrogen-bond acceptors (Lipinski definition) is 4. The monoisotopic (exact) mass is 278 g/mol. The smallest absolute Gasteiger partial charge is 0.331 e. The molecule has 3 N–H and O–H groups in total. The molecule has 0 saturated carbocycles. The third-order valence-electron chi connectivity index (χ3n) is 3.53. The lowest BCUT2D eigenvalue weighted by molar-refractivity contribution is -0.148. The molecule has 2 unspecified atom stereocenters. The van der Waals surface area contributed by atoms with E-state index < -0.39 is 12.0 Å². The molecule has 108 valence electrons. The lowest BCUT2D eigenvalue weighted by Crippen LogP contribution is -2.35. The van der Waals surface area contributed by atoms with Crippen LogP contribution >= 0.6 is 0 Å². The van der Waals surface area contributed by atoms with Gasteiger partial charge in [-0.25, -0.2) is 4.79 Å². The van der Waals surface area contributed by atoms with Crippen molar-refractivity contribution in [3.05, 3.63) is 29.8 Å². The quantitative estimate of drug-likeness (QED) is 0.824. The molecule has 1 heterocycles. The fourth-order valence-corrected chi connectivity index (χ4v) is 2.48. The maximum absolute atomic E-state index is 12.0. The van der Waals surface area contributed by atoms with E-state index in [4.69, 9.17) is 10.5 Å². The largest absolute Gasteiger partial charge is 0.497 e. The maximum atomic E-state index is 12.0. The average molecular weight is 278 g/mol. The summed E-state index contributed by atoms with van der Waals surface area (Å²) >= 11 is 0. The number of amides is 1. The number of ether oxygens (including phenoxy) is 1. The van der Waals surface area contributed by atoms with Crippen LogP contribution in [0.5, 0.6) is 5.75 Å². The summed E-state index contributed by atoms with van der Waals surface area (Å²) in [5.41, 5.74) is 6.10. The molecular formula is C14H18N2O4. The lowest BCUT2D eigenvalue weighted by atomic mass is 10.1. The molecule has 2 rings (SSSR count). The highest BCUT2D eigenvalue weighted by atomic mass is 16.5. The molecule has 1 fully saturated rings. The molecule has 6 nitrogen and oxygen atoms in total. The van der Waals surface area contributed by atoms with Crippen LogP contribution in [0, 0.1) is 5.92 Å². The van der Waals surface area contributed by atoms with E-state index >= 15 is 0 Å². The Bertz CT molecular complexity index is 518. The molecule has 0 aliphatic carbocycles. The number of aliphatic carboxylic acids is 1. The second kappa shape index (κ2) is 5.92. The number of hydrogen-bond donors (Lipinski definition) is 2. The highest BCUT2D eigenvalue weighted by molar-refractivity contribution is 5.86. The zero-order valence-corrected chi connectivity index (χ0v) is 11.3. The Morgan fingerprint density at radius 3 is 2.90 bits per heavy atom. The van der Waals surface area contributed by atoms with Crippen molar-refractivity contribution in [3.63, 3.8) is 0 Å². The van der Waals surface area contributed by atoms with Crippen molar-refractivity contribution in [2.24, 2.45) is 11.7 Å². The summed E-state index contributed by atoms with van der Waals surface area (Å²) in [5, 5.41) is 9.46. The number of rotatable bonds is 5. The summed E-state index contributed by atoms with van der Waals surface area (Å²) in [6, 6.07) is 5.78. The Morgan fingerprint density at radius 2 is 2.35 bits per heavy atom. The molecule has 6 heteroatoms. The van der Waals surface area contributed by atoms with Gasteiger partial charge >= 0.3 is 5.97 Å². The SMILES string of the molecule is COc1cccc(C(C(=O)O)N2CC(CN)CC2=O)c1. The number of carboxylic acid groups (broad SMARTS) is 1. The number of benzene rings is 1. The summed E-state index contributed by atoms with van der Waals surface area (Å²) in [4.78, 5) is 24.9. The summed E-state index contributed by atoms with van der Waals surface area (Å²) in [7, 11) is 1.51. The van der Waals surface area contributed by atoms with Gasteiger partial charge < -0.3 is 20.5 Å². The molecule has 20 heavy (non-hydrogen) atoms. The third kappa shape index (κ3) is 2.75. The molecule has 1 aliphatic heterocycles. The first-order chi connectivity index (χ1) is 9.56. The van der Waals surface area contributed by atoms with Crippen LogP contribution in [0.25, 0.3) is 0 Å². The molecule has 1 aliphatic rings. The molecule has 1 aromatic carbocycles. The van der Waals surface area contributed by atoms with Gasteiger partial charge in [0.05, 0.1) is 7.11 Å². The first-order valence-corrected chi connectivity index (χ1v) is 6.43. The summed E-state index contributed by atoms with van der Waals surface area (Å²) in [5.74, 6) is -0.634. The van der Waals surface area contributed by atoms with Crippen molar-refractivity contribution in [3.8, 4) is 5.75 Å². The summed E-state index contributed by atoms with van der Waals surface area (Å²) in [6.07, 6.45) is 0.310.